The molecule has 0 radical (unpaired) electrons. The van der Waals surface area contributed by atoms with Gasteiger partial charge in [0.05, 0.1) is 0 Å². The van der Waals surface area contributed by atoms with Gasteiger partial charge in [-0.25, -0.2) is 9.59 Å². The lowest BCUT2D eigenvalue weighted by molar-refractivity contribution is -0.155. The summed E-state index contributed by atoms with van der Waals surface area (Å²) in [6.07, 6.45) is -2.60. The fourth-order valence-electron chi connectivity index (χ4n) is 1.21. The molecule has 21 heavy (non-hydrogen) atoms. The van der Waals surface area contributed by atoms with Crippen LogP contribution in [-0.2, 0) is 25.7 Å². The quantitative estimate of drug-likeness (QED) is 0.601. The number of ether oxygens (including phenoxy) is 2. The van der Waals surface area contributed by atoms with E-state index in [-0.39, 0.29) is 6.61 Å². The number of hydrogen-bond donors (Lipinski definition) is 3. The van der Waals surface area contributed by atoms with E-state index in [0.717, 1.165) is 5.56 Å². The number of carboxylic acid groups (broad SMARTS) is 1. The lowest BCUT2D eigenvalue weighted by Crippen LogP contribution is -2.33. The molecule has 1 atom stereocenters. The standard InChI is InChI=1S/C13H15NO7/c15-10(12(17)18)8-20-11(16)6-14-13(19)21-7-9-4-2-1-3-5-9/h1-5,10,15H,6-8H2,(H,14,19)(H,17,18). The number of aliphatic hydroxyl groups is 1. The summed E-state index contributed by atoms with van der Waals surface area (Å²) < 4.78 is 9.28. The van der Waals surface area contributed by atoms with Gasteiger partial charge in [-0.3, -0.25) is 4.79 Å². The first kappa shape index (κ1) is 16.4. The van der Waals surface area contributed by atoms with Gasteiger partial charge in [-0.05, 0) is 5.56 Å². The van der Waals surface area contributed by atoms with Gasteiger partial charge in [0.15, 0.2) is 6.10 Å². The largest absolute Gasteiger partial charge is 0.479 e. The highest BCUT2D eigenvalue weighted by atomic mass is 16.6. The first-order valence-corrected chi connectivity index (χ1v) is 6.00. The second-order valence-electron chi connectivity index (χ2n) is 3.95. The van der Waals surface area contributed by atoms with Crippen LogP contribution in [0.15, 0.2) is 30.3 Å². The molecule has 8 nitrogen and oxygen atoms in total. The van der Waals surface area contributed by atoms with Gasteiger partial charge in [-0.2, -0.15) is 0 Å². The molecule has 0 aliphatic heterocycles. The van der Waals surface area contributed by atoms with Crippen LogP contribution in [0.3, 0.4) is 0 Å². The Bertz CT molecular complexity index is 489. The van der Waals surface area contributed by atoms with Gasteiger partial charge in [0, 0.05) is 0 Å². The van der Waals surface area contributed by atoms with Crippen molar-refractivity contribution in [3.63, 3.8) is 0 Å². The fourth-order valence-corrected chi connectivity index (χ4v) is 1.21. The number of esters is 1. The summed E-state index contributed by atoms with van der Waals surface area (Å²) >= 11 is 0. The van der Waals surface area contributed by atoms with Crippen LogP contribution in [0.1, 0.15) is 5.56 Å². The molecule has 0 saturated heterocycles. The highest BCUT2D eigenvalue weighted by Crippen LogP contribution is 2.00. The van der Waals surface area contributed by atoms with Crippen LogP contribution in [0.4, 0.5) is 4.79 Å². The summed E-state index contributed by atoms with van der Waals surface area (Å²) in [5, 5.41) is 19.4. The molecule has 0 aliphatic carbocycles. The van der Waals surface area contributed by atoms with Crippen molar-refractivity contribution in [2.45, 2.75) is 12.7 Å². The van der Waals surface area contributed by atoms with E-state index in [1.165, 1.54) is 0 Å². The van der Waals surface area contributed by atoms with Gasteiger partial charge in [0.1, 0.15) is 19.8 Å². The summed E-state index contributed by atoms with van der Waals surface area (Å²) in [5.74, 6) is -2.38. The molecule has 0 saturated carbocycles. The fraction of sp³-hybridized carbons (Fsp3) is 0.308. The molecule has 114 valence electrons. The monoisotopic (exact) mass is 297 g/mol. The molecule has 0 bridgehead atoms. The van der Waals surface area contributed by atoms with E-state index in [4.69, 9.17) is 14.9 Å². The second kappa shape index (κ2) is 8.54. The lowest BCUT2D eigenvalue weighted by Gasteiger charge is -2.08. The number of rotatable bonds is 7. The zero-order chi connectivity index (χ0) is 15.7. The number of aliphatic hydroxyl groups excluding tert-OH is 1. The van der Waals surface area contributed by atoms with Crippen molar-refractivity contribution in [3.8, 4) is 0 Å². The van der Waals surface area contributed by atoms with Crippen LogP contribution in [0.5, 0.6) is 0 Å². The number of carbonyl (C=O) groups excluding carboxylic acids is 2. The molecule has 3 N–H and O–H groups in total. The molecular formula is C13H15NO7. The molecule has 1 amide bonds. The number of aliphatic carboxylic acids is 1. The summed E-state index contributed by atoms with van der Waals surface area (Å²) in [4.78, 5) is 32.7. The molecule has 0 heterocycles. The van der Waals surface area contributed by atoms with Gasteiger partial charge >= 0.3 is 18.0 Å². The summed E-state index contributed by atoms with van der Waals surface area (Å²) in [6, 6.07) is 8.96. The van der Waals surface area contributed by atoms with E-state index in [1.54, 1.807) is 24.3 Å². The second-order valence-corrected chi connectivity index (χ2v) is 3.95. The molecule has 1 aromatic rings. The van der Waals surface area contributed by atoms with Crippen molar-refractivity contribution < 1.29 is 34.1 Å². The first-order chi connectivity index (χ1) is 9.99. The van der Waals surface area contributed by atoms with Gasteiger partial charge in [-0.15, -0.1) is 0 Å². The average molecular weight is 297 g/mol. The Morgan fingerprint density at radius 2 is 1.81 bits per heavy atom. The highest BCUT2D eigenvalue weighted by Gasteiger charge is 2.16. The minimum Gasteiger partial charge on any atom is -0.479 e. The molecule has 8 heteroatoms. The van der Waals surface area contributed by atoms with Crippen LogP contribution in [0.25, 0.3) is 0 Å². The number of benzene rings is 1. The van der Waals surface area contributed by atoms with Crippen LogP contribution >= 0.6 is 0 Å². The Labute approximate surface area is 120 Å². The van der Waals surface area contributed by atoms with Gasteiger partial charge in [0.2, 0.25) is 0 Å². The zero-order valence-electron chi connectivity index (χ0n) is 11.0. The minimum absolute atomic E-state index is 0.0550. The van der Waals surface area contributed by atoms with Gasteiger partial charge < -0.3 is 25.0 Å². The normalized spacial score (nSPS) is 11.3. The van der Waals surface area contributed by atoms with Crippen molar-refractivity contribution in [1.82, 2.24) is 5.32 Å². The van der Waals surface area contributed by atoms with Crippen LogP contribution in [0, 0.1) is 0 Å². The van der Waals surface area contributed by atoms with Crippen LogP contribution in [-0.4, -0.2) is 47.5 Å². The Morgan fingerprint density at radius 1 is 1.14 bits per heavy atom. The molecule has 0 aliphatic rings. The Balaban J connectivity index is 2.17. The number of carboxylic acids is 1. The Kier molecular flexibility index (Phi) is 6.69. The number of carbonyl (C=O) groups is 3. The molecule has 0 aromatic heterocycles. The van der Waals surface area contributed by atoms with Crippen molar-refractivity contribution in [2.24, 2.45) is 0 Å². The molecule has 1 rings (SSSR count). The zero-order valence-corrected chi connectivity index (χ0v) is 11.0. The first-order valence-electron chi connectivity index (χ1n) is 6.00. The third-order valence-corrected chi connectivity index (χ3v) is 2.28. The maximum absolute atomic E-state index is 11.3. The average Bonchev–Trinajstić information content (AvgIpc) is 2.49. The molecule has 0 fully saturated rings. The van der Waals surface area contributed by atoms with E-state index in [9.17, 15) is 14.4 Å². The molecule has 1 aromatic carbocycles. The van der Waals surface area contributed by atoms with E-state index < -0.39 is 37.3 Å². The topological polar surface area (TPSA) is 122 Å². The van der Waals surface area contributed by atoms with Crippen LogP contribution < -0.4 is 5.32 Å². The van der Waals surface area contributed by atoms with Gasteiger partial charge in [-0.1, -0.05) is 30.3 Å². The maximum Gasteiger partial charge on any atom is 0.407 e. The van der Waals surface area contributed by atoms with Crippen LogP contribution in [0.2, 0.25) is 0 Å². The third kappa shape index (κ3) is 6.92. The SMILES string of the molecule is O=C(CNC(=O)OCc1ccccc1)OCC(O)C(=O)O. The summed E-state index contributed by atoms with van der Waals surface area (Å²) in [6.45, 7) is -1.12. The number of hydrogen-bond acceptors (Lipinski definition) is 6. The van der Waals surface area contributed by atoms with Crippen molar-refractivity contribution >= 4 is 18.0 Å². The van der Waals surface area contributed by atoms with E-state index in [1.807, 2.05) is 6.07 Å². The number of alkyl carbamates (subject to hydrolysis) is 1. The van der Waals surface area contributed by atoms with Crippen molar-refractivity contribution in [3.05, 3.63) is 35.9 Å². The summed E-state index contributed by atoms with van der Waals surface area (Å²) in [5.41, 5.74) is 0.791. The van der Waals surface area contributed by atoms with Crippen molar-refractivity contribution in [2.75, 3.05) is 13.2 Å². The van der Waals surface area contributed by atoms with E-state index in [2.05, 4.69) is 10.1 Å². The lowest BCUT2D eigenvalue weighted by atomic mass is 10.2. The smallest absolute Gasteiger partial charge is 0.407 e. The minimum atomic E-state index is -1.79. The number of nitrogens with one attached hydrogen (secondary N) is 1. The Morgan fingerprint density at radius 3 is 2.43 bits per heavy atom. The van der Waals surface area contributed by atoms with Crippen molar-refractivity contribution in [1.29, 1.82) is 0 Å². The molecule has 1 unspecified atom stereocenters. The molecular weight excluding hydrogens is 282 g/mol. The third-order valence-electron chi connectivity index (χ3n) is 2.28. The predicted octanol–water partition coefficient (Wildman–Crippen LogP) is -0.0985. The molecule has 0 spiro atoms. The summed E-state index contributed by atoms with van der Waals surface area (Å²) in [7, 11) is 0. The highest BCUT2D eigenvalue weighted by molar-refractivity contribution is 5.78. The van der Waals surface area contributed by atoms with E-state index in [0.29, 0.717) is 0 Å². The van der Waals surface area contributed by atoms with E-state index >= 15 is 0 Å². The predicted molar refractivity (Wildman–Crippen MR) is 69.2 cm³/mol. The Hall–Kier alpha value is -2.61. The maximum atomic E-state index is 11.3. The van der Waals surface area contributed by atoms with Gasteiger partial charge in [0.25, 0.3) is 0 Å². The number of amides is 1.